The highest BCUT2D eigenvalue weighted by Gasteiger charge is 2.14. The SMILES string of the molecule is CNc1snnc1CN(CCC#N)C(C)C. The Labute approximate surface area is 100 Å². The van der Waals surface area contributed by atoms with Crippen LogP contribution < -0.4 is 5.32 Å². The summed E-state index contributed by atoms with van der Waals surface area (Å²) in [6, 6.07) is 2.57. The molecule has 1 rings (SSSR count). The molecule has 0 aliphatic rings. The van der Waals surface area contributed by atoms with Crippen molar-refractivity contribution < 1.29 is 0 Å². The van der Waals surface area contributed by atoms with Crippen LogP contribution in [0.15, 0.2) is 0 Å². The van der Waals surface area contributed by atoms with Crippen LogP contribution in [0, 0.1) is 11.3 Å². The number of nitrogens with zero attached hydrogens (tertiary/aromatic N) is 4. The summed E-state index contributed by atoms with van der Waals surface area (Å²) < 4.78 is 3.92. The highest BCUT2D eigenvalue weighted by atomic mass is 32.1. The topological polar surface area (TPSA) is 64.8 Å². The lowest BCUT2D eigenvalue weighted by atomic mass is 10.2. The number of nitriles is 1. The standard InChI is InChI=1S/C10H17N5S/c1-8(2)15(6-4-5-11)7-9-10(12-3)16-14-13-9/h8,12H,4,6-7H2,1-3H3. The van der Waals surface area contributed by atoms with Crippen molar-refractivity contribution in [1.82, 2.24) is 14.5 Å². The van der Waals surface area contributed by atoms with Crippen molar-refractivity contribution in [3.8, 4) is 6.07 Å². The van der Waals surface area contributed by atoms with E-state index in [1.54, 1.807) is 0 Å². The van der Waals surface area contributed by atoms with Gasteiger partial charge in [-0.3, -0.25) is 4.90 Å². The zero-order valence-electron chi connectivity index (χ0n) is 9.90. The maximum absolute atomic E-state index is 8.61. The normalized spacial score (nSPS) is 10.8. The molecule has 1 heterocycles. The first kappa shape index (κ1) is 12.9. The van der Waals surface area contributed by atoms with Gasteiger partial charge in [0.1, 0.15) is 10.7 Å². The summed E-state index contributed by atoms with van der Waals surface area (Å²) in [7, 11) is 1.87. The number of hydrogen-bond donors (Lipinski definition) is 1. The molecule has 6 heteroatoms. The van der Waals surface area contributed by atoms with E-state index < -0.39 is 0 Å². The van der Waals surface area contributed by atoms with E-state index in [9.17, 15) is 0 Å². The molecule has 0 radical (unpaired) electrons. The summed E-state index contributed by atoms with van der Waals surface area (Å²) in [5, 5.41) is 16.8. The second-order valence-corrected chi connectivity index (χ2v) is 4.53. The highest BCUT2D eigenvalue weighted by molar-refractivity contribution is 7.10. The molecule has 0 saturated heterocycles. The Hall–Kier alpha value is -1.19. The molecule has 5 nitrogen and oxygen atoms in total. The molecule has 0 bridgehead atoms. The van der Waals surface area contributed by atoms with Gasteiger partial charge in [-0.15, -0.1) is 5.10 Å². The van der Waals surface area contributed by atoms with Gasteiger partial charge < -0.3 is 5.32 Å². The number of anilines is 1. The van der Waals surface area contributed by atoms with Crippen molar-refractivity contribution in [1.29, 1.82) is 5.26 Å². The van der Waals surface area contributed by atoms with Crippen molar-refractivity contribution in [2.45, 2.75) is 32.9 Å². The summed E-state index contributed by atoms with van der Waals surface area (Å²) in [4.78, 5) is 2.22. The minimum atomic E-state index is 0.403. The predicted molar refractivity (Wildman–Crippen MR) is 65.2 cm³/mol. The van der Waals surface area contributed by atoms with E-state index >= 15 is 0 Å². The van der Waals surface area contributed by atoms with E-state index in [2.05, 4.69) is 39.7 Å². The van der Waals surface area contributed by atoms with Crippen molar-refractivity contribution in [3.05, 3.63) is 5.69 Å². The Bertz CT molecular complexity index is 354. The number of rotatable bonds is 6. The first-order valence-electron chi connectivity index (χ1n) is 5.29. The van der Waals surface area contributed by atoms with Gasteiger partial charge in [-0.2, -0.15) is 5.26 Å². The Kier molecular flexibility index (Phi) is 5.15. The van der Waals surface area contributed by atoms with Gasteiger partial charge in [-0.25, -0.2) is 0 Å². The highest BCUT2D eigenvalue weighted by Crippen LogP contribution is 2.19. The molecule has 1 aromatic rings. The van der Waals surface area contributed by atoms with Gasteiger partial charge in [-0.1, -0.05) is 4.49 Å². The molecule has 1 N–H and O–H groups in total. The van der Waals surface area contributed by atoms with Crippen molar-refractivity contribution in [3.63, 3.8) is 0 Å². The van der Waals surface area contributed by atoms with E-state index in [1.807, 2.05) is 7.05 Å². The van der Waals surface area contributed by atoms with Crippen LogP contribution in [0.5, 0.6) is 0 Å². The van der Waals surface area contributed by atoms with Crippen molar-refractivity contribution >= 4 is 16.5 Å². The van der Waals surface area contributed by atoms with Crippen LogP contribution in [-0.4, -0.2) is 34.1 Å². The third-order valence-electron chi connectivity index (χ3n) is 2.38. The molecule has 0 aliphatic carbocycles. The first-order chi connectivity index (χ1) is 7.69. The Morgan fingerprint density at radius 1 is 1.56 bits per heavy atom. The summed E-state index contributed by atoms with van der Waals surface area (Å²) in [5.74, 6) is 0. The largest absolute Gasteiger partial charge is 0.377 e. The van der Waals surface area contributed by atoms with Crippen molar-refractivity contribution in [2.24, 2.45) is 0 Å². The average Bonchev–Trinajstić information content (AvgIpc) is 2.70. The molecule has 1 aromatic heterocycles. The second kappa shape index (κ2) is 6.40. The average molecular weight is 239 g/mol. The zero-order valence-corrected chi connectivity index (χ0v) is 10.7. The number of nitrogens with one attached hydrogen (secondary N) is 1. The molecular formula is C10H17N5S. The van der Waals surface area contributed by atoms with Crippen molar-refractivity contribution in [2.75, 3.05) is 18.9 Å². The fourth-order valence-electron chi connectivity index (χ4n) is 1.41. The molecule has 0 atom stereocenters. The van der Waals surface area contributed by atoms with Crippen LogP contribution in [0.3, 0.4) is 0 Å². The molecule has 0 amide bonds. The van der Waals surface area contributed by atoms with Gasteiger partial charge >= 0.3 is 0 Å². The fraction of sp³-hybridized carbons (Fsp3) is 0.700. The van der Waals surface area contributed by atoms with Gasteiger partial charge in [0.05, 0.1) is 6.07 Å². The fourth-order valence-corrected chi connectivity index (χ4v) is 1.93. The zero-order chi connectivity index (χ0) is 12.0. The van der Waals surface area contributed by atoms with Crippen LogP contribution in [-0.2, 0) is 6.54 Å². The van der Waals surface area contributed by atoms with Crippen LogP contribution in [0.2, 0.25) is 0 Å². The van der Waals surface area contributed by atoms with E-state index in [-0.39, 0.29) is 0 Å². The molecule has 0 spiro atoms. The minimum Gasteiger partial charge on any atom is -0.377 e. The Balaban J connectivity index is 2.64. The summed E-state index contributed by atoms with van der Waals surface area (Å²) in [5.41, 5.74) is 0.958. The molecule has 0 fully saturated rings. The van der Waals surface area contributed by atoms with Crippen LogP contribution in [0.1, 0.15) is 26.0 Å². The smallest absolute Gasteiger partial charge is 0.134 e. The lowest BCUT2D eigenvalue weighted by Gasteiger charge is -2.24. The molecule has 88 valence electrons. The maximum Gasteiger partial charge on any atom is 0.134 e. The number of aromatic nitrogens is 2. The van der Waals surface area contributed by atoms with Gasteiger partial charge in [0.2, 0.25) is 0 Å². The Morgan fingerprint density at radius 3 is 2.88 bits per heavy atom. The van der Waals surface area contributed by atoms with E-state index in [0.29, 0.717) is 12.5 Å². The first-order valence-corrected chi connectivity index (χ1v) is 6.06. The lowest BCUT2D eigenvalue weighted by Crippen LogP contribution is -2.31. The Morgan fingerprint density at radius 2 is 2.31 bits per heavy atom. The third-order valence-corrected chi connectivity index (χ3v) is 3.16. The van der Waals surface area contributed by atoms with E-state index in [1.165, 1.54) is 11.5 Å². The van der Waals surface area contributed by atoms with Crippen LogP contribution in [0.4, 0.5) is 5.00 Å². The summed E-state index contributed by atoms with van der Waals surface area (Å²) >= 11 is 1.36. The summed E-state index contributed by atoms with van der Waals surface area (Å²) in [6.07, 6.45) is 0.546. The van der Waals surface area contributed by atoms with Gasteiger partial charge in [0.15, 0.2) is 0 Å². The quantitative estimate of drug-likeness (QED) is 0.818. The molecule has 0 unspecified atom stereocenters. The lowest BCUT2D eigenvalue weighted by molar-refractivity contribution is 0.215. The molecular weight excluding hydrogens is 222 g/mol. The third kappa shape index (κ3) is 3.43. The molecule has 0 aromatic carbocycles. The van der Waals surface area contributed by atoms with Gasteiger partial charge in [-0.05, 0) is 13.8 Å². The number of hydrogen-bond acceptors (Lipinski definition) is 6. The predicted octanol–water partition coefficient (Wildman–Crippen LogP) is 1.70. The maximum atomic E-state index is 8.61. The van der Waals surface area contributed by atoms with Gasteiger partial charge in [0, 0.05) is 44.1 Å². The molecule has 16 heavy (non-hydrogen) atoms. The van der Waals surface area contributed by atoms with Gasteiger partial charge in [0.25, 0.3) is 0 Å². The molecule has 0 aliphatic heterocycles. The van der Waals surface area contributed by atoms with E-state index in [4.69, 9.17) is 5.26 Å². The van der Waals surface area contributed by atoms with Crippen LogP contribution >= 0.6 is 11.5 Å². The van der Waals surface area contributed by atoms with Crippen LogP contribution in [0.25, 0.3) is 0 Å². The monoisotopic (exact) mass is 239 g/mol. The summed E-state index contributed by atoms with van der Waals surface area (Å²) in [6.45, 7) is 5.76. The minimum absolute atomic E-state index is 0.403. The van der Waals surface area contributed by atoms with E-state index in [0.717, 1.165) is 23.8 Å². The molecule has 0 saturated carbocycles. The second-order valence-electron chi connectivity index (χ2n) is 3.77.